The molecular weight excluding hydrogens is 170 g/mol. The Labute approximate surface area is 76.0 Å². The molecule has 0 bridgehead atoms. The van der Waals surface area contributed by atoms with Crippen LogP contribution in [0.1, 0.15) is 12.1 Å². The van der Waals surface area contributed by atoms with Crippen molar-refractivity contribution in [2.45, 2.75) is 13.0 Å². The van der Waals surface area contributed by atoms with Crippen LogP contribution in [0.25, 0.3) is 6.08 Å². The zero-order valence-electron chi connectivity index (χ0n) is 7.43. The van der Waals surface area contributed by atoms with Crippen LogP contribution in [0.15, 0.2) is 12.8 Å². The molecule has 0 spiro atoms. The highest BCUT2D eigenvalue weighted by molar-refractivity contribution is 5.68. The number of hydrogen-bond donors (Lipinski definition) is 0. The van der Waals surface area contributed by atoms with Gasteiger partial charge < -0.3 is 4.74 Å². The molecule has 0 atom stereocenters. The fraction of sp³-hybridized carbons (Fsp3) is 0.375. The Morgan fingerprint density at radius 1 is 1.85 bits per heavy atom. The van der Waals surface area contributed by atoms with Gasteiger partial charge in [0, 0.05) is 0 Å². The van der Waals surface area contributed by atoms with Crippen LogP contribution in [-0.4, -0.2) is 28.1 Å². The Kier molecular flexibility index (Phi) is 3.19. The summed E-state index contributed by atoms with van der Waals surface area (Å²) in [7, 11) is 1.36. The number of nitrogens with zero attached hydrogens (tertiary/aromatic N) is 3. The lowest BCUT2D eigenvalue weighted by atomic mass is 10.4. The fourth-order valence-electron chi connectivity index (χ4n) is 0.824. The summed E-state index contributed by atoms with van der Waals surface area (Å²) in [5.41, 5.74) is 0.699. The lowest BCUT2D eigenvalue weighted by molar-refractivity contribution is -0.140. The van der Waals surface area contributed by atoms with Crippen LogP contribution in [-0.2, 0) is 16.1 Å². The van der Waals surface area contributed by atoms with E-state index in [1.54, 1.807) is 17.0 Å². The van der Waals surface area contributed by atoms with Gasteiger partial charge in [0.25, 0.3) is 0 Å². The third kappa shape index (κ3) is 2.70. The summed E-state index contributed by atoms with van der Waals surface area (Å²) in [6, 6.07) is 0. The Hall–Kier alpha value is -1.65. The molecule has 0 unspecified atom stereocenters. The van der Waals surface area contributed by atoms with Gasteiger partial charge in [-0.05, 0) is 6.08 Å². The lowest BCUT2D eigenvalue weighted by Gasteiger charge is -1.97. The highest BCUT2D eigenvalue weighted by Gasteiger charge is 2.01. The molecule has 0 radical (unpaired) electrons. The van der Waals surface area contributed by atoms with E-state index in [1.807, 2.05) is 0 Å². The van der Waals surface area contributed by atoms with Gasteiger partial charge in [0.05, 0.1) is 26.3 Å². The first-order valence-electron chi connectivity index (χ1n) is 3.85. The highest BCUT2D eigenvalue weighted by Crippen LogP contribution is 1.96. The summed E-state index contributed by atoms with van der Waals surface area (Å²) in [5, 5.41) is 7.56. The zero-order chi connectivity index (χ0) is 9.68. The number of aryl methyl sites for hydroxylation is 1. The van der Waals surface area contributed by atoms with Crippen molar-refractivity contribution in [3.8, 4) is 0 Å². The molecule has 1 aromatic rings. The Balaban J connectivity index is 2.45. The van der Waals surface area contributed by atoms with Gasteiger partial charge in [0.15, 0.2) is 0 Å². The quantitative estimate of drug-likeness (QED) is 0.634. The predicted octanol–water partition coefficient (Wildman–Crippen LogP) is 0.484. The van der Waals surface area contributed by atoms with Crippen LogP contribution in [0.3, 0.4) is 0 Å². The number of hydrogen-bond acceptors (Lipinski definition) is 4. The molecule has 70 valence electrons. The molecule has 5 heteroatoms. The monoisotopic (exact) mass is 181 g/mol. The molecule has 13 heavy (non-hydrogen) atoms. The van der Waals surface area contributed by atoms with Gasteiger partial charge in [0.1, 0.15) is 5.69 Å². The number of rotatable bonds is 4. The Bertz CT molecular complexity index is 306. The lowest BCUT2D eigenvalue weighted by Crippen LogP contribution is -2.07. The van der Waals surface area contributed by atoms with Gasteiger partial charge in [-0.1, -0.05) is 11.8 Å². The van der Waals surface area contributed by atoms with Crippen molar-refractivity contribution in [1.29, 1.82) is 0 Å². The van der Waals surface area contributed by atoms with Crippen LogP contribution in [0.5, 0.6) is 0 Å². The molecule has 0 aliphatic heterocycles. The second-order valence-electron chi connectivity index (χ2n) is 2.44. The molecule has 0 saturated carbocycles. The van der Waals surface area contributed by atoms with Crippen molar-refractivity contribution in [2.24, 2.45) is 0 Å². The third-order valence-corrected chi connectivity index (χ3v) is 1.54. The SMILES string of the molecule is C=Cc1cn(CCC(=O)OC)nn1. The minimum atomic E-state index is -0.254. The Morgan fingerprint density at radius 2 is 2.62 bits per heavy atom. The van der Waals surface area contributed by atoms with E-state index in [4.69, 9.17) is 0 Å². The molecule has 0 aromatic carbocycles. The van der Waals surface area contributed by atoms with Crippen molar-refractivity contribution >= 4 is 12.0 Å². The number of carbonyl (C=O) groups excluding carboxylic acids is 1. The molecule has 0 N–H and O–H groups in total. The molecule has 1 heterocycles. The maximum atomic E-state index is 10.8. The number of aromatic nitrogens is 3. The van der Waals surface area contributed by atoms with Crippen LogP contribution in [0.4, 0.5) is 0 Å². The second kappa shape index (κ2) is 4.39. The van der Waals surface area contributed by atoms with Crippen molar-refractivity contribution in [1.82, 2.24) is 15.0 Å². The molecule has 0 amide bonds. The first-order valence-corrected chi connectivity index (χ1v) is 3.85. The van der Waals surface area contributed by atoms with Gasteiger partial charge in [-0.15, -0.1) is 5.10 Å². The van der Waals surface area contributed by atoms with E-state index in [0.29, 0.717) is 18.7 Å². The van der Waals surface area contributed by atoms with Gasteiger partial charge in [-0.25, -0.2) is 0 Å². The number of methoxy groups -OCH3 is 1. The molecule has 0 aliphatic rings. The first-order chi connectivity index (χ1) is 6.26. The summed E-state index contributed by atoms with van der Waals surface area (Å²) >= 11 is 0. The number of esters is 1. The van der Waals surface area contributed by atoms with E-state index in [1.165, 1.54) is 7.11 Å². The molecule has 0 saturated heterocycles. The van der Waals surface area contributed by atoms with E-state index >= 15 is 0 Å². The Morgan fingerprint density at radius 3 is 3.15 bits per heavy atom. The molecular formula is C8H11N3O2. The molecule has 1 rings (SSSR count). The van der Waals surface area contributed by atoms with Gasteiger partial charge in [-0.2, -0.15) is 0 Å². The van der Waals surface area contributed by atoms with Gasteiger partial charge in [-0.3, -0.25) is 9.48 Å². The largest absolute Gasteiger partial charge is 0.469 e. The van der Waals surface area contributed by atoms with E-state index in [0.717, 1.165) is 0 Å². The van der Waals surface area contributed by atoms with Crippen LogP contribution >= 0.6 is 0 Å². The summed E-state index contributed by atoms with van der Waals surface area (Å²) in [5.74, 6) is -0.254. The molecule has 0 fully saturated rings. The molecule has 0 aliphatic carbocycles. The van der Waals surface area contributed by atoms with Crippen LogP contribution < -0.4 is 0 Å². The average Bonchev–Trinajstić information content (AvgIpc) is 2.61. The average molecular weight is 181 g/mol. The van der Waals surface area contributed by atoms with Gasteiger partial charge in [0.2, 0.25) is 0 Å². The van der Waals surface area contributed by atoms with Crippen LogP contribution in [0.2, 0.25) is 0 Å². The summed E-state index contributed by atoms with van der Waals surface area (Å²) < 4.78 is 6.06. The van der Waals surface area contributed by atoms with E-state index in [2.05, 4.69) is 21.6 Å². The van der Waals surface area contributed by atoms with Gasteiger partial charge >= 0.3 is 5.97 Å². The topological polar surface area (TPSA) is 57.0 Å². The zero-order valence-corrected chi connectivity index (χ0v) is 7.43. The summed E-state index contributed by atoms with van der Waals surface area (Å²) in [4.78, 5) is 10.8. The van der Waals surface area contributed by atoms with Crippen molar-refractivity contribution < 1.29 is 9.53 Å². The first kappa shape index (κ1) is 9.44. The highest BCUT2D eigenvalue weighted by atomic mass is 16.5. The van der Waals surface area contributed by atoms with E-state index in [9.17, 15) is 4.79 Å². The maximum Gasteiger partial charge on any atom is 0.307 e. The summed E-state index contributed by atoms with van der Waals surface area (Å²) in [6.07, 6.45) is 3.62. The second-order valence-corrected chi connectivity index (χ2v) is 2.44. The smallest absolute Gasteiger partial charge is 0.307 e. The van der Waals surface area contributed by atoms with Crippen LogP contribution in [0, 0.1) is 0 Å². The maximum absolute atomic E-state index is 10.8. The van der Waals surface area contributed by atoms with Crippen molar-refractivity contribution in [3.63, 3.8) is 0 Å². The van der Waals surface area contributed by atoms with Crippen molar-refractivity contribution in [2.75, 3.05) is 7.11 Å². The number of ether oxygens (including phenoxy) is 1. The van der Waals surface area contributed by atoms with E-state index < -0.39 is 0 Å². The molecule has 1 aromatic heterocycles. The predicted molar refractivity (Wildman–Crippen MR) is 46.7 cm³/mol. The minimum absolute atomic E-state index is 0.254. The van der Waals surface area contributed by atoms with Crippen molar-refractivity contribution in [3.05, 3.63) is 18.5 Å². The molecule has 5 nitrogen and oxygen atoms in total. The normalized spacial score (nSPS) is 9.62. The minimum Gasteiger partial charge on any atom is -0.469 e. The summed E-state index contributed by atoms with van der Waals surface area (Å²) in [6.45, 7) is 4.03. The fourth-order valence-corrected chi connectivity index (χ4v) is 0.824. The third-order valence-electron chi connectivity index (χ3n) is 1.54. The number of carbonyl (C=O) groups is 1. The van der Waals surface area contributed by atoms with E-state index in [-0.39, 0.29) is 5.97 Å². The standard InChI is InChI=1S/C8H11N3O2/c1-3-7-6-11(10-9-7)5-4-8(12)13-2/h3,6H,1,4-5H2,2H3.